The summed E-state index contributed by atoms with van der Waals surface area (Å²) in [4.78, 5) is 4.20. The lowest BCUT2D eigenvalue weighted by molar-refractivity contribution is 0.598. The van der Waals surface area contributed by atoms with Crippen molar-refractivity contribution < 1.29 is 4.39 Å². The molecule has 0 fully saturated rings. The Balaban J connectivity index is 2.21. The number of nitrogens with zero attached hydrogens (tertiary/aromatic N) is 1. The second-order valence-corrected chi connectivity index (χ2v) is 5.42. The first kappa shape index (κ1) is 13.2. The molecule has 2 N–H and O–H groups in total. The highest BCUT2D eigenvalue weighted by Crippen LogP contribution is 2.32. The third-order valence-electron chi connectivity index (χ3n) is 3.34. The molecule has 0 amide bonds. The molecule has 0 saturated carbocycles. The third-order valence-corrected chi connectivity index (χ3v) is 4.04. The Labute approximate surface area is 124 Å². The van der Waals surface area contributed by atoms with Crippen LogP contribution in [0.3, 0.4) is 0 Å². The van der Waals surface area contributed by atoms with Crippen LogP contribution in [0.25, 0.3) is 10.8 Å². The number of benzene rings is 2. The minimum Gasteiger partial charge on any atom is -0.320 e. The molecule has 20 heavy (non-hydrogen) atoms. The van der Waals surface area contributed by atoms with Gasteiger partial charge in [-0.05, 0) is 23.1 Å². The molecule has 4 heteroatoms. The van der Waals surface area contributed by atoms with Gasteiger partial charge in [0.15, 0.2) is 0 Å². The van der Waals surface area contributed by atoms with Crippen LogP contribution >= 0.6 is 15.9 Å². The second kappa shape index (κ2) is 5.31. The number of halogens is 2. The van der Waals surface area contributed by atoms with Crippen LogP contribution in [0.1, 0.15) is 17.2 Å². The van der Waals surface area contributed by atoms with Crippen molar-refractivity contribution in [1.29, 1.82) is 0 Å². The van der Waals surface area contributed by atoms with Crippen LogP contribution in [-0.4, -0.2) is 4.98 Å². The molecule has 1 unspecified atom stereocenters. The minimum absolute atomic E-state index is 0.320. The van der Waals surface area contributed by atoms with Crippen LogP contribution in [-0.2, 0) is 0 Å². The van der Waals surface area contributed by atoms with Gasteiger partial charge >= 0.3 is 0 Å². The van der Waals surface area contributed by atoms with E-state index < -0.39 is 6.04 Å². The van der Waals surface area contributed by atoms with Crippen molar-refractivity contribution >= 4 is 26.7 Å². The largest absolute Gasteiger partial charge is 0.320 e. The van der Waals surface area contributed by atoms with Crippen molar-refractivity contribution in [1.82, 2.24) is 4.98 Å². The first-order chi connectivity index (χ1) is 9.68. The summed E-state index contributed by atoms with van der Waals surface area (Å²) in [6, 6.07) is 12.1. The zero-order valence-electron chi connectivity index (χ0n) is 10.6. The van der Waals surface area contributed by atoms with Gasteiger partial charge in [-0.1, -0.05) is 46.3 Å². The Hall–Kier alpha value is -1.78. The zero-order chi connectivity index (χ0) is 14.1. The third kappa shape index (κ3) is 2.21. The summed E-state index contributed by atoms with van der Waals surface area (Å²) in [5, 5.41) is 1.98. The summed E-state index contributed by atoms with van der Waals surface area (Å²) in [6.07, 6.45) is 3.48. The number of hydrogen-bond donors (Lipinski definition) is 1. The standard InChI is InChI=1S/C16H12BrFN2/c17-13-6-3-7-14(18)15(13)16(19)12-9-20-8-10-4-1-2-5-11(10)12/h1-9,16H,19H2. The van der Waals surface area contributed by atoms with Crippen molar-refractivity contribution in [2.45, 2.75) is 6.04 Å². The fourth-order valence-electron chi connectivity index (χ4n) is 2.35. The summed E-state index contributed by atoms with van der Waals surface area (Å²) < 4.78 is 14.7. The van der Waals surface area contributed by atoms with E-state index in [9.17, 15) is 4.39 Å². The monoisotopic (exact) mass is 330 g/mol. The molecule has 0 aliphatic carbocycles. The van der Waals surface area contributed by atoms with Gasteiger partial charge in [0.25, 0.3) is 0 Å². The fourth-order valence-corrected chi connectivity index (χ4v) is 2.94. The van der Waals surface area contributed by atoms with E-state index in [1.807, 2.05) is 24.3 Å². The Bertz CT molecular complexity index is 748. The van der Waals surface area contributed by atoms with Gasteiger partial charge in [0.05, 0.1) is 6.04 Å². The molecule has 1 aromatic heterocycles. The number of rotatable bonds is 2. The lowest BCUT2D eigenvalue weighted by Crippen LogP contribution is -2.15. The van der Waals surface area contributed by atoms with Gasteiger partial charge in [-0.25, -0.2) is 4.39 Å². The molecule has 1 atom stereocenters. The number of fused-ring (bicyclic) bond motifs is 1. The van der Waals surface area contributed by atoms with Crippen molar-refractivity contribution in [2.75, 3.05) is 0 Å². The molecule has 1 heterocycles. The van der Waals surface area contributed by atoms with E-state index in [1.165, 1.54) is 6.07 Å². The Morgan fingerprint density at radius 1 is 1.05 bits per heavy atom. The molecule has 2 nitrogen and oxygen atoms in total. The van der Waals surface area contributed by atoms with Gasteiger partial charge in [-0.15, -0.1) is 0 Å². The average Bonchev–Trinajstić information content (AvgIpc) is 2.46. The molecular formula is C16H12BrFN2. The van der Waals surface area contributed by atoms with Gasteiger partial charge in [-0.2, -0.15) is 0 Å². The predicted octanol–water partition coefficient (Wildman–Crippen LogP) is 4.18. The van der Waals surface area contributed by atoms with E-state index in [2.05, 4.69) is 20.9 Å². The molecule has 0 aliphatic heterocycles. The first-order valence-electron chi connectivity index (χ1n) is 6.20. The van der Waals surface area contributed by atoms with E-state index in [0.29, 0.717) is 10.0 Å². The van der Waals surface area contributed by atoms with Crippen LogP contribution in [0.15, 0.2) is 59.3 Å². The van der Waals surface area contributed by atoms with Gasteiger partial charge in [0, 0.05) is 27.8 Å². The predicted molar refractivity (Wildman–Crippen MR) is 81.9 cm³/mol. The molecule has 0 saturated heterocycles. The highest BCUT2D eigenvalue weighted by molar-refractivity contribution is 9.10. The molecule has 2 aromatic carbocycles. The Morgan fingerprint density at radius 2 is 1.85 bits per heavy atom. The zero-order valence-corrected chi connectivity index (χ0v) is 12.1. The van der Waals surface area contributed by atoms with Crippen molar-refractivity contribution in [3.8, 4) is 0 Å². The highest BCUT2D eigenvalue weighted by atomic mass is 79.9. The SMILES string of the molecule is NC(c1c(F)cccc1Br)c1cncc2ccccc12. The fraction of sp³-hybridized carbons (Fsp3) is 0.0625. The van der Waals surface area contributed by atoms with E-state index in [0.717, 1.165) is 16.3 Å². The van der Waals surface area contributed by atoms with Crippen LogP contribution in [0.4, 0.5) is 4.39 Å². The maximum Gasteiger partial charge on any atom is 0.129 e. The van der Waals surface area contributed by atoms with Crippen LogP contribution in [0.5, 0.6) is 0 Å². The number of hydrogen-bond acceptors (Lipinski definition) is 2. The normalized spacial score (nSPS) is 12.6. The maximum atomic E-state index is 14.1. The summed E-state index contributed by atoms with van der Waals surface area (Å²) in [6.45, 7) is 0. The minimum atomic E-state index is -0.566. The topological polar surface area (TPSA) is 38.9 Å². The van der Waals surface area contributed by atoms with Gasteiger partial charge in [0.1, 0.15) is 5.82 Å². The summed E-state index contributed by atoms with van der Waals surface area (Å²) in [5.41, 5.74) is 7.54. The molecule has 0 bridgehead atoms. The molecular weight excluding hydrogens is 319 g/mol. The first-order valence-corrected chi connectivity index (χ1v) is 7.00. The second-order valence-electron chi connectivity index (χ2n) is 4.56. The summed E-state index contributed by atoms with van der Waals surface area (Å²) in [5.74, 6) is -0.320. The lowest BCUT2D eigenvalue weighted by atomic mass is 9.96. The number of nitrogens with two attached hydrogens (primary N) is 1. The Morgan fingerprint density at radius 3 is 2.65 bits per heavy atom. The summed E-state index contributed by atoms with van der Waals surface area (Å²) >= 11 is 3.37. The van der Waals surface area contributed by atoms with E-state index in [4.69, 9.17) is 5.73 Å². The van der Waals surface area contributed by atoms with E-state index in [1.54, 1.807) is 24.5 Å². The molecule has 3 aromatic rings. The Kier molecular flexibility index (Phi) is 3.51. The highest BCUT2D eigenvalue weighted by Gasteiger charge is 2.18. The van der Waals surface area contributed by atoms with Crippen molar-refractivity contribution in [3.05, 3.63) is 76.3 Å². The maximum absolute atomic E-state index is 14.1. The average molecular weight is 331 g/mol. The van der Waals surface area contributed by atoms with E-state index >= 15 is 0 Å². The van der Waals surface area contributed by atoms with Gasteiger partial charge in [-0.3, -0.25) is 4.98 Å². The summed E-state index contributed by atoms with van der Waals surface area (Å²) in [7, 11) is 0. The quantitative estimate of drug-likeness (QED) is 0.765. The van der Waals surface area contributed by atoms with Crippen molar-refractivity contribution in [2.24, 2.45) is 5.73 Å². The van der Waals surface area contributed by atoms with Crippen LogP contribution in [0.2, 0.25) is 0 Å². The van der Waals surface area contributed by atoms with Crippen molar-refractivity contribution in [3.63, 3.8) is 0 Å². The molecule has 3 rings (SSSR count). The number of aromatic nitrogens is 1. The van der Waals surface area contributed by atoms with Crippen LogP contribution in [0, 0.1) is 5.82 Å². The molecule has 0 aliphatic rings. The molecule has 0 spiro atoms. The molecule has 100 valence electrons. The molecule has 0 radical (unpaired) electrons. The smallest absolute Gasteiger partial charge is 0.129 e. The lowest BCUT2D eigenvalue weighted by Gasteiger charge is -2.17. The van der Waals surface area contributed by atoms with Crippen LogP contribution < -0.4 is 5.73 Å². The van der Waals surface area contributed by atoms with Gasteiger partial charge < -0.3 is 5.73 Å². The van der Waals surface area contributed by atoms with Gasteiger partial charge in [0.2, 0.25) is 0 Å². The van der Waals surface area contributed by atoms with E-state index in [-0.39, 0.29) is 5.82 Å². The number of pyridine rings is 1.